The van der Waals surface area contributed by atoms with E-state index in [-0.39, 0.29) is 24.3 Å². The van der Waals surface area contributed by atoms with E-state index in [4.69, 9.17) is 4.74 Å². The maximum absolute atomic E-state index is 12.1. The molecule has 3 unspecified atom stereocenters. The summed E-state index contributed by atoms with van der Waals surface area (Å²) in [5, 5.41) is 13.1. The Morgan fingerprint density at radius 1 is 1.18 bits per heavy atom. The quantitative estimate of drug-likeness (QED) is 0.841. The van der Waals surface area contributed by atoms with Crippen LogP contribution < -0.4 is 5.32 Å². The van der Waals surface area contributed by atoms with Crippen LogP contribution >= 0.6 is 0 Å². The lowest BCUT2D eigenvalue weighted by Gasteiger charge is -2.42. The van der Waals surface area contributed by atoms with Crippen LogP contribution in [0, 0.1) is 0 Å². The fraction of sp³-hybridized carbons (Fsp3) is 0.941. The van der Waals surface area contributed by atoms with Crippen LogP contribution in [0.4, 0.5) is 4.79 Å². The number of aliphatic hydroxyl groups is 1. The summed E-state index contributed by atoms with van der Waals surface area (Å²) >= 11 is 0. The lowest BCUT2D eigenvalue weighted by molar-refractivity contribution is 0.0197. The van der Waals surface area contributed by atoms with Crippen LogP contribution in [0.15, 0.2) is 0 Å². The molecular formula is C17H32N2O3. The summed E-state index contributed by atoms with van der Waals surface area (Å²) < 4.78 is 5.39. The average Bonchev–Trinajstić information content (AvgIpc) is 2.91. The predicted molar refractivity (Wildman–Crippen MR) is 86.8 cm³/mol. The summed E-state index contributed by atoms with van der Waals surface area (Å²) in [5.41, 5.74) is -0.481. The summed E-state index contributed by atoms with van der Waals surface area (Å²) in [4.78, 5) is 14.5. The second kappa shape index (κ2) is 7.18. The van der Waals surface area contributed by atoms with Gasteiger partial charge in [-0.2, -0.15) is 0 Å². The molecule has 1 amide bonds. The van der Waals surface area contributed by atoms with Crippen LogP contribution in [-0.2, 0) is 4.74 Å². The Labute approximate surface area is 134 Å². The highest BCUT2D eigenvalue weighted by molar-refractivity contribution is 5.68. The van der Waals surface area contributed by atoms with Gasteiger partial charge in [-0.25, -0.2) is 4.79 Å². The first kappa shape index (κ1) is 17.5. The molecule has 5 nitrogen and oxygen atoms in total. The molecule has 2 fully saturated rings. The molecule has 2 aliphatic carbocycles. The summed E-state index contributed by atoms with van der Waals surface area (Å²) in [6.07, 6.45) is 6.70. The maximum atomic E-state index is 12.1. The highest BCUT2D eigenvalue weighted by Gasteiger charge is 2.37. The lowest BCUT2D eigenvalue weighted by atomic mass is 9.86. The first-order valence-corrected chi connectivity index (χ1v) is 8.66. The van der Waals surface area contributed by atoms with Crippen molar-refractivity contribution in [1.29, 1.82) is 0 Å². The molecule has 2 N–H and O–H groups in total. The molecule has 5 heteroatoms. The second-order valence-corrected chi connectivity index (χ2v) is 7.89. The normalized spacial score (nSPS) is 30.5. The van der Waals surface area contributed by atoms with Crippen LogP contribution in [0.25, 0.3) is 0 Å². The van der Waals surface area contributed by atoms with Crippen molar-refractivity contribution >= 4 is 6.09 Å². The standard InChI is InChI=1S/C17H32N2O3/c1-17(2,3)22-16(21)18-14-10-9-13(20)11-15(14)19(4)12-7-5-6-8-12/h12-15,20H,5-11H2,1-4H3,(H,18,21). The summed E-state index contributed by atoms with van der Waals surface area (Å²) in [7, 11) is 2.14. The number of hydrogen-bond acceptors (Lipinski definition) is 4. The zero-order chi connectivity index (χ0) is 16.3. The van der Waals surface area contributed by atoms with Crippen LogP contribution in [0.2, 0.25) is 0 Å². The van der Waals surface area contributed by atoms with E-state index in [1.54, 1.807) is 0 Å². The minimum atomic E-state index is -0.481. The van der Waals surface area contributed by atoms with E-state index in [0.29, 0.717) is 6.04 Å². The molecule has 0 saturated heterocycles. The van der Waals surface area contributed by atoms with Crippen molar-refractivity contribution in [3.8, 4) is 0 Å². The predicted octanol–water partition coefficient (Wildman–Crippen LogP) is 2.67. The number of amides is 1. The summed E-state index contributed by atoms with van der Waals surface area (Å²) in [6, 6.07) is 0.835. The molecule has 0 aromatic carbocycles. The zero-order valence-corrected chi connectivity index (χ0v) is 14.5. The highest BCUT2D eigenvalue weighted by Crippen LogP contribution is 2.30. The number of ether oxygens (including phenoxy) is 1. The monoisotopic (exact) mass is 312 g/mol. The maximum Gasteiger partial charge on any atom is 0.407 e. The number of rotatable bonds is 3. The van der Waals surface area contributed by atoms with Gasteiger partial charge in [-0.3, -0.25) is 4.90 Å². The Kier molecular flexibility index (Phi) is 5.72. The van der Waals surface area contributed by atoms with Gasteiger partial charge in [0.15, 0.2) is 0 Å². The molecule has 0 aliphatic heterocycles. The Hall–Kier alpha value is -0.810. The zero-order valence-electron chi connectivity index (χ0n) is 14.5. The number of aliphatic hydroxyl groups excluding tert-OH is 1. The number of carbonyl (C=O) groups is 1. The third-order valence-electron chi connectivity index (χ3n) is 4.91. The van der Waals surface area contributed by atoms with Crippen LogP contribution in [0.1, 0.15) is 65.7 Å². The third-order valence-corrected chi connectivity index (χ3v) is 4.91. The van der Waals surface area contributed by atoms with E-state index in [1.807, 2.05) is 20.8 Å². The number of likely N-dealkylation sites (N-methyl/N-ethyl adjacent to an activating group) is 1. The second-order valence-electron chi connectivity index (χ2n) is 7.89. The first-order valence-electron chi connectivity index (χ1n) is 8.66. The molecular weight excluding hydrogens is 280 g/mol. The van der Waals surface area contributed by atoms with Gasteiger partial charge in [-0.05, 0) is 59.9 Å². The van der Waals surface area contributed by atoms with Gasteiger partial charge in [-0.15, -0.1) is 0 Å². The Morgan fingerprint density at radius 2 is 1.82 bits per heavy atom. The minimum absolute atomic E-state index is 0.0591. The average molecular weight is 312 g/mol. The number of carbonyl (C=O) groups excluding carboxylic acids is 1. The third kappa shape index (κ3) is 4.85. The van der Waals surface area contributed by atoms with Crippen molar-refractivity contribution in [1.82, 2.24) is 10.2 Å². The van der Waals surface area contributed by atoms with Crippen LogP contribution in [-0.4, -0.2) is 53.0 Å². The molecule has 0 aromatic heterocycles. The van der Waals surface area contributed by atoms with Crippen molar-refractivity contribution in [3.63, 3.8) is 0 Å². The van der Waals surface area contributed by atoms with Gasteiger partial charge in [0.25, 0.3) is 0 Å². The Morgan fingerprint density at radius 3 is 2.41 bits per heavy atom. The lowest BCUT2D eigenvalue weighted by Crippen LogP contribution is -2.57. The molecule has 128 valence electrons. The molecule has 0 radical (unpaired) electrons. The van der Waals surface area contributed by atoms with Crippen molar-refractivity contribution in [3.05, 3.63) is 0 Å². The highest BCUT2D eigenvalue weighted by atomic mass is 16.6. The summed E-state index contributed by atoms with van der Waals surface area (Å²) in [5.74, 6) is 0. The molecule has 22 heavy (non-hydrogen) atoms. The minimum Gasteiger partial charge on any atom is -0.444 e. The van der Waals surface area contributed by atoms with E-state index in [2.05, 4.69) is 17.3 Å². The van der Waals surface area contributed by atoms with Gasteiger partial charge in [0.1, 0.15) is 5.60 Å². The van der Waals surface area contributed by atoms with Crippen molar-refractivity contribution < 1.29 is 14.6 Å². The van der Waals surface area contributed by atoms with Gasteiger partial charge in [0.2, 0.25) is 0 Å². The molecule has 0 aromatic rings. The first-order chi connectivity index (χ1) is 10.3. The summed E-state index contributed by atoms with van der Waals surface area (Å²) in [6.45, 7) is 5.62. The van der Waals surface area contributed by atoms with Gasteiger partial charge in [0, 0.05) is 18.1 Å². The number of alkyl carbamates (subject to hydrolysis) is 1. The van der Waals surface area contributed by atoms with Gasteiger partial charge in [-0.1, -0.05) is 12.8 Å². The van der Waals surface area contributed by atoms with Crippen molar-refractivity contribution in [2.24, 2.45) is 0 Å². The fourth-order valence-corrected chi connectivity index (χ4v) is 3.78. The van der Waals surface area contributed by atoms with E-state index in [0.717, 1.165) is 19.3 Å². The van der Waals surface area contributed by atoms with Crippen LogP contribution in [0.5, 0.6) is 0 Å². The van der Waals surface area contributed by atoms with E-state index < -0.39 is 5.60 Å². The largest absolute Gasteiger partial charge is 0.444 e. The number of hydrogen-bond donors (Lipinski definition) is 2. The van der Waals surface area contributed by atoms with Gasteiger partial charge >= 0.3 is 6.09 Å². The van der Waals surface area contributed by atoms with Crippen LogP contribution in [0.3, 0.4) is 0 Å². The smallest absolute Gasteiger partial charge is 0.407 e. The molecule has 2 aliphatic rings. The van der Waals surface area contributed by atoms with Gasteiger partial charge in [0.05, 0.1) is 6.10 Å². The fourth-order valence-electron chi connectivity index (χ4n) is 3.78. The Bertz CT molecular complexity index is 375. The molecule has 3 atom stereocenters. The van der Waals surface area contributed by atoms with E-state index in [1.165, 1.54) is 25.7 Å². The molecule has 0 bridgehead atoms. The Balaban J connectivity index is 1.98. The number of nitrogens with one attached hydrogen (secondary N) is 1. The molecule has 0 heterocycles. The SMILES string of the molecule is CN(C1CCCC1)C1CC(O)CCC1NC(=O)OC(C)(C)C. The molecule has 2 rings (SSSR count). The number of nitrogens with zero attached hydrogens (tertiary/aromatic N) is 1. The van der Waals surface area contributed by atoms with Crippen molar-refractivity contribution in [2.75, 3.05) is 7.05 Å². The van der Waals surface area contributed by atoms with E-state index in [9.17, 15) is 9.90 Å². The van der Waals surface area contributed by atoms with Crippen molar-refractivity contribution in [2.45, 2.75) is 95.5 Å². The van der Waals surface area contributed by atoms with Gasteiger partial charge < -0.3 is 15.2 Å². The molecule has 2 saturated carbocycles. The molecule has 0 spiro atoms. The van der Waals surface area contributed by atoms with E-state index >= 15 is 0 Å². The topological polar surface area (TPSA) is 61.8 Å².